The molecule has 0 aliphatic heterocycles. The molecule has 1 N–H and O–H groups in total. The summed E-state index contributed by atoms with van der Waals surface area (Å²) in [6.45, 7) is 0.554. The molecule has 0 spiro atoms. The molecule has 134 valence electrons. The van der Waals surface area contributed by atoms with E-state index >= 15 is 0 Å². The monoisotopic (exact) mass is 369 g/mol. The molecule has 0 fully saturated rings. The highest BCUT2D eigenvalue weighted by Gasteiger charge is 2.26. The Hall–Kier alpha value is -2.48. The van der Waals surface area contributed by atoms with Gasteiger partial charge in [0.15, 0.2) is 0 Å². The Morgan fingerprint density at radius 1 is 1.08 bits per heavy atom. The first-order chi connectivity index (χ1) is 11.8. The zero-order valence-electron chi connectivity index (χ0n) is 13.4. The van der Waals surface area contributed by atoms with Crippen molar-refractivity contribution >= 4 is 21.5 Å². The first kappa shape index (κ1) is 18.9. The van der Waals surface area contributed by atoms with Crippen molar-refractivity contribution in [2.75, 3.05) is 19.0 Å². The van der Waals surface area contributed by atoms with Gasteiger partial charge in [0.05, 0.1) is 17.6 Å². The molecule has 2 aromatic carbocycles. The van der Waals surface area contributed by atoms with Gasteiger partial charge in [0, 0.05) is 12.2 Å². The number of nitrogens with one attached hydrogen (secondary N) is 1. The number of carbonyl (C=O) groups is 1. The van der Waals surface area contributed by atoms with Crippen molar-refractivity contribution in [1.82, 2.24) is 0 Å². The van der Waals surface area contributed by atoms with E-state index in [1.807, 2.05) is 12.1 Å². The number of ether oxygens (including phenoxy) is 1. The maximum atomic E-state index is 12.5. The quantitative estimate of drug-likeness (QED) is 0.759. The largest absolute Gasteiger partial charge is 0.465 e. The average molecular weight is 369 g/mol. The molecule has 0 radical (unpaired) electrons. The third-order valence-corrected chi connectivity index (χ3v) is 4.93. The molecule has 0 aliphatic carbocycles. The van der Waals surface area contributed by atoms with Crippen LogP contribution < -0.4 is 5.32 Å². The number of anilines is 1. The topological polar surface area (TPSA) is 72.5 Å². The number of rotatable bonds is 7. The fourth-order valence-corrected chi connectivity index (χ4v) is 2.86. The fraction of sp³-hybridized carbons (Fsp3) is 0.235. The number of hydrogen-bond donors (Lipinski definition) is 1. The van der Waals surface area contributed by atoms with Crippen molar-refractivity contribution in [3.63, 3.8) is 0 Å². The SMILES string of the molecule is COC(=O)c1ccc(CCNc2ccc(S(=O)(=O)C(F)F)cc2)cc1. The van der Waals surface area contributed by atoms with Gasteiger partial charge in [-0.15, -0.1) is 0 Å². The van der Waals surface area contributed by atoms with Gasteiger partial charge < -0.3 is 10.1 Å². The molecule has 0 aliphatic rings. The number of benzene rings is 2. The molecule has 25 heavy (non-hydrogen) atoms. The summed E-state index contributed by atoms with van der Waals surface area (Å²) >= 11 is 0. The van der Waals surface area contributed by atoms with E-state index in [-0.39, 0.29) is 0 Å². The number of carbonyl (C=O) groups excluding carboxylic acids is 1. The van der Waals surface area contributed by atoms with Crippen LogP contribution in [0.5, 0.6) is 0 Å². The Bertz CT molecular complexity index is 819. The molecular weight excluding hydrogens is 352 g/mol. The average Bonchev–Trinajstić information content (AvgIpc) is 2.62. The second-order valence-corrected chi connectivity index (χ2v) is 7.11. The van der Waals surface area contributed by atoms with Gasteiger partial charge in [-0.25, -0.2) is 13.2 Å². The standard InChI is InChI=1S/C17H17F2NO4S/c1-24-16(21)13-4-2-12(3-5-13)10-11-20-14-6-8-15(9-7-14)25(22,23)17(18)19/h2-9,17,20H,10-11H2,1H3. The molecule has 0 aromatic heterocycles. The smallest absolute Gasteiger partial charge is 0.341 e. The number of hydrogen-bond acceptors (Lipinski definition) is 5. The summed E-state index contributed by atoms with van der Waals surface area (Å²) in [5, 5.41) is 3.08. The lowest BCUT2D eigenvalue weighted by Crippen LogP contribution is -2.11. The summed E-state index contributed by atoms with van der Waals surface area (Å²) in [4.78, 5) is 10.9. The molecule has 8 heteroatoms. The summed E-state index contributed by atoms with van der Waals surface area (Å²) in [5.41, 5.74) is 2.09. The van der Waals surface area contributed by atoms with E-state index in [4.69, 9.17) is 0 Å². The van der Waals surface area contributed by atoms with Gasteiger partial charge in [-0.1, -0.05) is 12.1 Å². The highest BCUT2D eigenvalue weighted by molar-refractivity contribution is 7.91. The lowest BCUT2D eigenvalue weighted by Gasteiger charge is -2.08. The van der Waals surface area contributed by atoms with Crippen molar-refractivity contribution in [2.24, 2.45) is 0 Å². The van der Waals surface area contributed by atoms with Crippen molar-refractivity contribution < 1.29 is 26.7 Å². The van der Waals surface area contributed by atoms with Crippen LogP contribution in [0, 0.1) is 0 Å². The lowest BCUT2D eigenvalue weighted by atomic mass is 10.1. The summed E-state index contributed by atoms with van der Waals surface area (Å²) in [5.74, 6) is -3.83. The van der Waals surface area contributed by atoms with Gasteiger partial charge >= 0.3 is 11.7 Å². The predicted molar refractivity (Wildman–Crippen MR) is 89.6 cm³/mol. The van der Waals surface area contributed by atoms with Crippen LogP contribution in [0.1, 0.15) is 15.9 Å². The third-order valence-electron chi connectivity index (χ3n) is 3.54. The molecular formula is C17H17F2NO4S. The highest BCUT2D eigenvalue weighted by atomic mass is 32.2. The van der Waals surface area contributed by atoms with Crippen LogP contribution in [0.3, 0.4) is 0 Å². The highest BCUT2D eigenvalue weighted by Crippen LogP contribution is 2.20. The van der Waals surface area contributed by atoms with Crippen LogP contribution in [-0.2, 0) is 21.0 Å². The van der Waals surface area contributed by atoms with Crippen LogP contribution in [0.25, 0.3) is 0 Å². The summed E-state index contributed by atoms with van der Waals surface area (Å²) in [7, 11) is -3.25. The summed E-state index contributed by atoms with van der Waals surface area (Å²) < 4.78 is 52.2. The maximum absolute atomic E-state index is 12.5. The Morgan fingerprint density at radius 3 is 2.20 bits per heavy atom. The number of alkyl halides is 2. The Balaban J connectivity index is 1.91. The van der Waals surface area contributed by atoms with Gasteiger partial charge in [0.25, 0.3) is 0 Å². The molecule has 0 saturated heterocycles. The van der Waals surface area contributed by atoms with Gasteiger partial charge in [0.2, 0.25) is 9.84 Å². The van der Waals surface area contributed by atoms with E-state index in [9.17, 15) is 22.0 Å². The molecule has 2 rings (SSSR count). The Kier molecular flexibility index (Phi) is 6.08. The molecule has 2 aromatic rings. The van der Waals surface area contributed by atoms with Crippen LogP contribution in [-0.4, -0.2) is 33.8 Å². The van der Waals surface area contributed by atoms with Crippen LogP contribution in [0.2, 0.25) is 0 Å². The van der Waals surface area contributed by atoms with Gasteiger partial charge in [0.1, 0.15) is 0 Å². The van der Waals surface area contributed by atoms with Crippen molar-refractivity contribution in [2.45, 2.75) is 17.1 Å². The molecule has 0 saturated carbocycles. The van der Waals surface area contributed by atoms with Crippen molar-refractivity contribution in [3.05, 3.63) is 59.7 Å². The predicted octanol–water partition coefficient (Wildman–Crippen LogP) is 3.12. The number of sulfone groups is 1. The van der Waals surface area contributed by atoms with Crippen LogP contribution >= 0.6 is 0 Å². The second-order valence-electron chi connectivity index (χ2n) is 5.20. The van der Waals surface area contributed by atoms with E-state index in [0.717, 1.165) is 17.7 Å². The van der Waals surface area contributed by atoms with Gasteiger partial charge in [-0.2, -0.15) is 8.78 Å². The molecule has 0 atom stereocenters. The second kappa shape index (κ2) is 8.06. The zero-order chi connectivity index (χ0) is 18.4. The summed E-state index contributed by atoms with van der Waals surface area (Å²) in [6.07, 6.45) is 0.665. The molecule has 5 nitrogen and oxygen atoms in total. The number of halogens is 2. The minimum absolute atomic E-state index is 0.400. The molecule has 0 amide bonds. The third kappa shape index (κ3) is 4.76. The van der Waals surface area contributed by atoms with Crippen molar-refractivity contribution in [3.8, 4) is 0 Å². The first-order valence-corrected chi connectivity index (χ1v) is 8.92. The van der Waals surface area contributed by atoms with E-state index in [1.54, 1.807) is 12.1 Å². The minimum Gasteiger partial charge on any atom is -0.465 e. The number of methoxy groups -OCH3 is 1. The first-order valence-electron chi connectivity index (χ1n) is 7.38. The maximum Gasteiger partial charge on any atom is 0.341 e. The zero-order valence-corrected chi connectivity index (χ0v) is 14.2. The van der Waals surface area contributed by atoms with Crippen LogP contribution in [0.4, 0.5) is 14.5 Å². The molecule has 0 heterocycles. The number of esters is 1. The fourth-order valence-electron chi connectivity index (χ4n) is 2.14. The Morgan fingerprint density at radius 2 is 1.68 bits per heavy atom. The van der Waals surface area contributed by atoms with Gasteiger partial charge in [-0.05, 0) is 48.4 Å². The summed E-state index contributed by atoms with van der Waals surface area (Å²) in [6, 6.07) is 12.1. The minimum atomic E-state index is -4.57. The molecule has 0 bridgehead atoms. The lowest BCUT2D eigenvalue weighted by molar-refractivity contribution is 0.0600. The van der Waals surface area contributed by atoms with E-state index in [2.05, 4.69) is 10.1 Å². The Labute approximate surface area is 144 Å². The van der Waals surface area contributed by atoms with Gasteiger partial charge in [-0.3, -0.25) is 0 Å². The van der Waals surface area contributed by atoms with Crippen LogP contribution in [0.15, 0.2) is 53.4 Å². The van der Waals surface area contributed by atoms with E-state index < -0.39 is 26.5 Å². The van der Waals surface area contributed by atoms with E-state index in [1.165, 1.54) is 19.2 Å². The normalized spacial score (nSPS) is 11.4. The van der Waals surface area contributed by atoms with E-state index in [0.29, 0.717) is 24.2 Å². The molecule has 0 unspecified atom stereocenters. The van der Waals surface area contributed by atoms with Crippen molar-refractivity contribution in [1.29, 1.82) is 0 Å².